The first-order valence-corrected chi connectivity index (χ1v) is 9.34. The van der Waals surface area contributed by atoms with Gasteiger partial charge in [0.05, 0.1) is 6.61 Å². The molecule has 0 radical (unpaired) electrons. The van der Waals surface area contributed by atoms with Gasteiger partial charge in [-0.15, -0.1) is 0 Å². The first kappa shape index (κ1) is 22.9. The number of amides is 1. The maximum absolute atomic E-state index is 10.4. The molecule has 0 aliphatic rings. The van der Waals surface area contributed by atoms with Gasteiger partial charge in [-0.25, -0.2) is 4.57 Å². The number of rotatable bonds is 12. The van der Waals surface area contributed by atoms with E-state index in [4.69, 9.17) is 15.5 Å². The van der Waals surface area contributed by atoms with Crippen molar-refractivity contribution in [1.29, 1.82) is 0 Å². The third kappa shape index (κ3) is 28.5. The first-order chi connectivity index (χ1) is 9.83. The smallest absolute Gasteiger partial charge is 0.370 e. The largest absolute Gasteiger partial charge is 0.469 e. The molecule has 0 fully saturated rings. The highest BCUT2D eigenvalue weighted by Gasteiger charge is 2.10. The lowest BCUT2D eigenvalue weighted by Crippen LogP contribution is -2.09. The summed E-state index contributed by atoms with van der Waals surface area (Å²) in [7, 11) is -4.17. The van der Waals surface area contributed by atoms with Crippen molar-refractivity contribution in [1.82, 2.24) is 0 Å². The second-order valence-electron chi connectivity index (χ2n) is 4.95. The van der Waals surface area contributed by atoms with Crippen molar-refractivity contribution in [2.75, 3.05) is 6.61 Å². The molecule has 0 aliphatic carbocycles. The molecule has 0 atom stereocenters. The van der Waals surface area contributed by atoms with Crippen LogP contribution in [0.15, 0.2) is 0 Å². The fourth-order valence-corrected chi connectivity index (χ4v) is 2.11. The Hall–Kier alpha value is -0.420. The number of carbonyl (C=O) groups excluding carboxylic acids is 1. The van der Waals surface area contributed by atoms with Crippen molar-refractivity contribution in [2.45, 2.75) is 78.1 Å². The molecule has 0 aromatic heterocycles. The Morgan fingerprint density at radius 1 is 0.952 bits per heavy atom. The van der Waals surface area contributed by atoms with Gasteiger partial charge in [0.25, 0.3) is 0 Å². The lowest BCUT2D eigenvalue weighted by Gasteiger charge is -2.00. The second-order valence-corrected chi connectivity index (χ2v) is 6.19. The maximum Gasteiger partial charge on any atom is 0.469 e. The Morgan fingerprint density at radius 2 is 1.38 bits per heavy atom. The number of nitrogens with two attached hydrogens (primary N) is 1. The highest BCUT2D eigenvalue weighted by Crippen LogP contribution is 2.34. The quantitative estimate of drug-likeness (QED) is 0.376. The Bertz CT molecular complexity index is 281. The van der Waals surface area contributed by atoms with Gasteiger partial charge in [-0.3, -0.25) is 9.32 Å². The molecule has 6 nitrogen and oxygen atoms in total. The minimum atomic E-state index is -4.17. The fourth-order valence-electron chi connectivity index (χ4n) is 1.78. The fraction of sp³-hybridized carbons (Fsp3) is 0.929. The van der Waals surface area contributed by atoms with E-state index in [9.17, 15) is 9.36 Å². The van der Waals surface area contributed by atoms with Gasteiger partial charge in [-0.2, -0.15) is 0 Å². The lowest BCUT2D eigenvalue weighted by atomic mass is 10.1. The van der Waals surface area contributed by atoms with Gasteiger partial charge in [0.15, 0.2) is 0 Å². The van der Waals surface area contributed by atoms with E-state index >= 15 is 0 Å². The molecule has 0 saturated carbocycles. The van der Waals surface area contributed by atoms with Crippen LogP contribution in [0.3, 0.4) is 0 Å². The highest BCUT2D eigenvalue weighted by molar-refractivity contribution is 7.46. The Kier molecular flexibility index (Phi) is 17.4. The molecule has 0 unspecified atom stereocenters. The minimum absolute atomic E-state index is 0.0459. The Morgan fingerprint density at radius 3 is 1.67 bits per heavy atom. The Balaban J connectivity index is 0. The summed E-state index contributed by atoms with van der Waals surface area (Å²) in [6.45, 7) is 3.80. The molecule has 0 spiro atoms. The summed E-state index contributed by atoms with van der Waals surface area (Å²) >= 11 is 0. The lowest BCUT2D eigenvalue weighted by molar-refractivity contribution is -0.118. The van der Waals surface area contributed by atoms with E-state index in [-0.39, 0.29) is 12.5 Å². The number of hydrogen-bond acceptors (Lipinski definition) is 3. The number of phosphoric acid groups is 1. The van der Waals surface area contributed by atoms with Crippen molar-refractivity contribution in [3.8, 4) is 0 Å². The zero-order chi connectivity index (χ0) is 16.6. The zero-order valence-electron chi connectivity index (χ0n) is 13.4. The SMILES string of the molecule is CCCCCCCCCCCC(N)=O.CCOP(=O)(O)O. The number of primary amides is 1. The third-order valence-electron chi connectivity index (χ3n) is 2.82. The number of carbonyl (C=O) groups is 1. The van der Waals surface area contributed by atoms with Gasteiger partial charge in [-0.05, 0) is 13.3 Å². The van der Waals surface area contributed by atoms with Gasteiger partial charge >= 0.3 is 7.82 Å². The van der Waals surface area contributed by atoms with Crippen LogP contribution in [0.2, 0.25) is 0 Å². The van der Waals surface area contributed by atoms with E-state index in [1.54, 1.807) is 0 Å². The molecule has 0 aliphatic heterocycles. The van der Waals surface area contributed by atoms with Crippen LogP contribution in [-0.4, -0.2) is 22.3 Å². The summed E-state index contributed by atoms with van der Waals surface area (Å²) < 4.78 is 13.6. The second kappa shape index (κ2) is 16.0. The summed E-state index contributed by atoms with van der Waals surface area (Å²) in [5, 5.41) is 0. The number of unbranched alkanes of at least 4 members (excludes halogenated alkanes) is 8. The van der Waals surface area contributed by atoms with Crippen LogP contribution in [0.5, 0.6) is 0 Å². The molecular weight excluding hydrogens is 293 g/mol. The van der Waals surface area contributed by atoms with Gasteiger partial charge in [-0.1, -0.05) is 58.3 Å². The summed E-state index contributed by atoms with van der Waals surface area (Å²) in [5.41, 5.74) is 5.05. The predicted octanol–water partition coefficient (Wildman–Crippen LogP) is 3.51. The topological polar surface area (TPSA) is 110 Å². The van der Waals surface area contributed by atoms with E-state index < -0.39 is 7.82 Å². The first-order valence-electron chi connectivity index (χ1n) is 7.81. The third-order valence-corrected chi connectivity index (χ3v) is 3.42. The van der Waals surface area contributed by atoms with Gasteiger partial charge in [0.1, 0.15) is 0 Å². The van der Waals surface area contributed by atoms with Crippen molar-refractivity contribution in [3.05, 3.63) is 0 Å². The standard InChI is InChI=1S/C12H25NO.C2H7O4P/c1-2-3-4-5-6-7-8-9-10-11-12(13)14;1-2-6-7(3,4)5/h2-11H2,1H3,(H2,13,14);2H2,1H3,(H2,3,4,5). The van der Waals surface area contributed by atoms with Crippen molar-refractivity contribution < 1.29 is 23.7 Å². The molecule has 0 bridgehead atoms. The molecule has 128 valence electrons. The molecule has 0 saturated heterocycles. The molecule has 7 heteroatoms. The van der Waals surface area contributed by atoms with E-state index in [2.05, 4.69) is 11.4 Å². The molecule has 0 heterocycles. The normalized spacial score (nSPS) is 10.9. The van der Waals surface area contributed by atoms with Gasteiger partial charge in [0, 0.05) is 6.42 Å². The summed E-state index contributed by atoms with van der Waals surface area (Å²) in [4.78, 5) is 26.2. The molecule has 0 aromatic carbocycles. The predicted molar refractivity (Wildman–Crippen MR) is 84.7 cm³/mol. The molecule has 0 aromatic rings. The van der Waals surface area contributed by atoms with Crippen LogP contribution in [-0.2, 0) is 13.9 Å². The van der Waals surface area contributed by atoms with Crippen molar-refractivity contribution >= 4 is 13.7 Å². The Labute approximate surface area is 128 Å². The van der Waals surface area contributed by atoms with Crippen LogP contribution < -0.4 is 5.73 Å². The van der Waals surface area contributed by atoms with Crippen LogP contribution in [0.1, 0.15) is 78.1 Å². The minimum Gasteiger partial charge on any atom is -0.370 e. The van der Waals surface area contributed by atoms with Crippen LogP contribution in [0.25, 0.3) is 0 Å². The zero-order valence-corrected chi connectivity index (χ0v) is 14.3. The van der Waals surface area contributed by atoms with E-state index in [1.807, 2.05) is 0 Å². The van der Waals surface area contributed by atoms with E-state index in [1.165, 1.54) is 51.9 Å². The highest BCUT2D eigenvalue weighted by atomic mass is 31.2. The molecular formula is C14H32NO5P. The van der Waals surface area contributed by atoms with Crippen molar-refractivity contribution in [2.24, 2.45) is 5.73 Å². The molecule has 4 N–H and O–H groups in total. The summed E-state index contributed by atoms with van der Waals surface area (Å²) in [6.07, 6.45) is 12.1. The van der Waals surface area contributed by atoms with E-state index in [0.717, 1.165) is 12.8 Å². The average molecular weight is 325 g/mol. The van der Waals surface area contributed by atoms with Crippen LogP contribution in [0.4, 0.5) is 0 Å². The summed E-state index contributed by atoms with van der Waals surface area (Å²) in [5.74, 6) is -0.159. The maximum atomic E-state index is 10.4. The number of hydrogen-bond donors (Lipinski definition) is 3. The van der Waals surface area contributed by atoms with Gasteiger partial charge < -0.3 is 15.5 Å². The van der Waals surface area contributed by atoms with Crippen LogP contribution >= 0.6 is 7.82 Å². The molecule has 0 rings (SSSR count). The van der Waals surface area contributed by atoms with Crippen LogP contribution in [0, 0.1) is 0 Å². The summed E-state index contributed by atoms with van der Waals surface area (Å²) in [6, 6.07) is 0. The van der Waals surface area contributed by atoms with E-state index in [0.29, 0.717) is 6.42 Å². The van der Waals surface area contributed by atoms with Gasteiger partial charge in [0.2, 0.25) is 5.91 Å². The van der Waals surface area contributed by atoms with Crippen molar-refractivity contribution in [3.63, 3.8) is 0 Å². The monoisotopic (exact) mass is 325 g/mol. The molecule has 21 heavy (non-hydrogen) atoms. The average Bonchev–Trinajstić information content (AvgIpc) is 2.36. The number of phosphoric ester groups is 1. The molecule has 1 amide bonds.